The van der Waals surface area contributed by atoms with E-state index in [2.05, 4.69) is 4.18 Å². The van der Waals surface area contributed by atoms with Crippen LogP contribution in [0.2, 0.25) is 0 Å². The zero-order chi connectivity index (χ0) is 15.0. The summed E-state index contributed by atoms with van der Waals surface area (Å²) in [6.45, 7) is 0. The van der Waals surface area contributed by atoms with Gasteiger partial charge < -0.3 is 4.18 Å². The molecular weight excluding hydrogens is 300 g/mol. The van der Waals surface area contributed by atoms with E-state index in [1.807, 2.05) is 0 Å². The van der Waals surface area contributed by atoms with E-state index in [1.54, 1.807) is 0 Å². The quantitative estimate of drug-likeness (QED) is 0.488. The number of hydrogen-bond acceptors (Lipinski definition) is 3. The molecule has 0 bridgehead atoms. The first-order valence-corrected chi connectivity index (χ1v) is 7.05. The molecule has 0 amide bonds. The molecule has 1 aromatic rings. The molecular formula is C12H10F4O3S. The number of halogens is 4. The smallest absolute Gasteiger partial charge is 0.381 e. The van der Waals surface area contributed by atoms with Crippen LogP contribution in [0.25, 0.3) is 0 Å². The summed E-state index contributed by atoms with van der Waals surface area (Å²) in [5.41, 5.74) is -4.73. The minimum atomic E-state index is -5.62. The maximum absolute atomic E-state index is 12.8. The van der Waals surface area contributed by atoms with Gasteiger partial charge in [-0.3, -0.25) is 0 Å². The minimum Gasteiger partial charge on any atom is -0.381 e. The Morgan fingerprint density at radius 1 is 1.15 bits per heavy atom. The Labute approximate surface area is 113 Å². The fourth-order valence-electron chi connectivity index (χ4n) is 1.93. The van der Waals surface area contributed by atoms with Crippen LogP contribution < -0.4 is 0 Å². The van der Waals surface area contributed by atoms with Crippen LogP contribution in [-0.4, -0.2) is 13.9 Å². The van der Waals surface area contributed by atoms with Crippen molar-refractivity contribution in [1.82, 2.24) is 0 Å². The number of hydrogen-bond donors (Lipinski definition) is 0. The molecule has 1 aliphatic rings. The van der Waals surface area contributed by atoms with E-state index in [9.17, 15) is 26.0 Å². The van der Waals surface area contributed by atoms with Crippen molar-refractivity contribution in [3.8, 4) is 0 Å². The second-order valence-electron chi connectivity index (χ2n) is 4.34. The third-order valence-electron chi connectivity index (χ3n) is 2.92. The zero-order valence-electron chi connectivity index (χ0n) is 10.0. The summed E-state index contributed by atoms with van der Waals surface area (Å²) < 4.78 is 75.1. The third-order valence-corrected chi connectivity index (χ3v) is 3.92. The first-order valence-electron chi connectivity index (χ1n) is 5.64. The van der Waals surface area contributed by atoms with E-state index >= 15 is 0 Å². The SMILES string of the molecule is O=S(=O)(OC1=CCC(c2ccc(F)cc2)C1)C(F)(F)F. The van der Waals surface area contributed by atoms with E-state index in [1.165, 1.54) is 30.3 Å². The highest BCUT2D eigenvalue weighted by Gasteiger charge is 2.49. The molecule has 0 spiro atoms. The molecule has 2 rings (SSSR count). The number of benzene rings is 1. The second-order valence-corrected chi connectivity index (χ2v) is 5.88. The van der Waals surface area contributed by atoms with Crippen molar-refractivity contribution < 1.29 is 30.2 Å². The summed E-state index contributed by atoms with van der Waals surface area (Å²) in [7, 11) is -5.62. The number of rotatable bonds is 3. The molecule has 0 aliphatic heterocycles. The Hall–Kier alpha value is -1.57. The lowest BCUT2D eigenvalue weighted by molar-refractivity contribution is -0.0523. The normalized spacial score (nSPS) is 19.8. The van der Waals surface area contributed by atoms with E-state index in [0.29, 0.717) is 12.0 Å². The van der Waals surface area contributed by atoms with Crippen LogP contribution in [0, 0.1) is 5.82 Å². The molecule has 20 heavy (non-hydrogen) atoms. The van der Waals surface area contributed by atoms with Gasteiger partial charge in [0, 0.05) is 6.42 Å². The first kappa shape index (κ1) is 14.8. The molecule has 3 nitrogen and oxygen atoms in total. The minimum absolute atomic E-state index is 0.0287. The van der Waals surface area contributed by atoms with Crippen molar-refractivity contribution in [1.29, 1.82) is 0 Å². The summed E-state index contributed by atoms with van der Waals surface area (Å²) in [4.78, 5) is 0. The number of alkyl halides is 3. The topological polar surface area (TPSA) is 43.4 Å². The monoisotopic (exact) mass is 310 g/mol. The van der Waals surface area contributed by atoms with Crippen molar-refractivity contribution in [2.75, 3.05) is 0 Å². The van der Waals surface area contributed by atoms with Gasteiger partial charge >= 0.3 is 15.6 Å². The van der Waals surface area contributed by atoms with E-state index in [0.717, 1.165) is 0 Å². The zero-order valence-corrected chi connectivity index (χ0v) is 10.8. The summed E-state index contributed by atoms with van der Waals surface area (Å²) in [6, 6.07) is 5.49. The summed E-state index contributed by atoms with van der Waals surface area (Å²) in [5, 5.41) is 0. The molecule has 0 aromatic heterocycles. The van der Waals surface area contributed by atoms with Crippen LogP contribution in [0.1, 0.15) is 24.3 Å². The van der Waals surface area contributed by atoms with Gasteiger partial charge in [-0.1, -0.05) is 12.1 Å². The highest BCUT2D eigenvalue weighted by molar-refractivity contribution is 7.87. The van der Waals surface area contributed by atoms with Crippen molar-refractivity contribution in [2.45, 2.75) is 24.3 Å². The highest BCUT2D eigenvalue weighted by Crippen LogP contribution is 2.37. The summed E-state index contributed by atoms with van der Waals surface area (Å²) >= 11 is 0. The van der Waals surface area contributed by atoms with Crippen LogP contribution in [0.3, 0.4) is 0 Å². The van der Waals surface area contributed by atoms with E-state index in [-0.39, 0.29) is 18.1 Å². The van der Waals surface area contributed by atoms with Crippen LogP contribution in [0.5, 0.6) is 0 Å². The lowest BCUT2D eigenvalue weighted by atomic mass is 9.97. The molecule has 0 radical (unpaired) electrons. The van der Waals surface area contributed by atoms with Crippen molar-refractivity contribution in [3.63, 3.8) is 0 Å². The second kappa shape index (κ2) is 5.08. The van der Waals surface area contributed by atoms with Gasteiger partial charge in [0.15, 0.2) is 0 Å². The fraction of sp³-hybridized carbons (Fsp3) is 0.333. The van der Waals surface area contributed by atoms with Crippen LogP contribution >= 0.6 is 0 Å². The molecule has 1 aliphatic carbocycles. The maximum Gasteiger partial charge on any atom is 0.534 e. The van der Waals surface area contributed by atoms with Gasteiger partial charge in [0.1, 0.15) is 11.6 Å². The average Bonchev–Trinajstić information content (AvgIpc) is 2.76. The molecule has 1 aromatic carbocycles. The Morgan fingerprint density at radius 2 is 1.75 bits per heavy atom. The molecule has 0 N–H and O–H groups in total. The molecule has 0 saturated carbocycles. The van der Waals surface area contributed by atoms with Crippen LogP contribution in [0.15, 0.2) is 36.1 Å². The van der Waals surface area contributed by atoms with Gasteiger partial charge in [-0.15, -0.1) is 0 Å². The van der Waals surface area contributed by atoms with Crippen molar-refractivity contribution >= 4 is 10.1 Å². The van der Waals surface area contributed by atoms with Crippen molar-refractivity contribution in [2.24, 2.45) is 0 Å². The molecule has 0 fully saturated rings. The van der Waals surface area contributed by atoms with Gasteiger partial charge in [-0.25, -0.2) is 4.39 Å². The molecule has 1 atom stereocenters. The number of allylic oxidation sites excluding steroid dienone is 2. The molecule has 0 saturated heterocycles. The lowest BCUT2D eigenvalue weighted by Gasteiger charge is -2.12. The Bertz CT molecular complexity index is 617. The van der Waals surface area contributed by atoms with Gasteiger partial charge in [0.25, 0.3) is 0 Å². The molecule has 0 heterocycles. The van der Waals surface area contributed by atoms with Gasteiger partial charge in [-0.05, 0) is 36.1 Å². The van der Waals surface area contributed by atoms with Gasteiger partial charge in [-0.2, -0.15) is 21.6 Å². The standard InChI is InChI=1S/C12H10F4O3S/c13-10-4-1-8(2-5-10)9-3-6-11(7-9)19-20(17,18)12(14,15)16/h1-2,4-6,9H,3,7H2. The first-order chi connectivity index (χ1) is 9.19. The molecule has 1 unspecified atom stereocenters. The van der Waals surface area contributed by atoms with Gasteiger partial charge in [0.05, 0.1) is 0 Å². The van der Waals surface area contributed by atoms with Gasteiger partial charge in [0.2, 0.25) is 0 Å². The predicted molar refractivity (Wildman–Crippen MR) is 62.5 cm³/mol. The average molecular weight is 310 g/mol. The van der Waals surface area contributed by atoms with E-state index in [4.69, 9.17) is 0 Å². The fourth-order valence-corrected chi connectivity index (χ4v) is 2.44. The molecule has 110 valence electrons. The Morgan fingerprint density at radius 3 is 2.30 bits per heavy atom. The van der Waals surface area contributed by atoms with E-state index < -0.39 is 21.4 Å². The Balaban J connectivity index is 2.04. The maximum atomic E-state index is 12.8. The van der Waals surface area contributed by atoms with Crippen LogP contribution in [-0.2, 0) is 14.3 Å². The molecule has 8 heteroatoms. The summed E-state index contributed by atoms with van der Waals surface area (Å²) in [5.74, 6) is -0.874. The summed E-state index contributed by atoms with van der Waals surface area (Å²) in [6.07, 6.45) is 1.67. The largest absolute Gasteiger partial charge is 0.534 e. The Kier molecular flexibility index (Phi) is 3.77. The van der Waals surface area contributed by atoms with Crippen LogP contribution in [0.4, 0.5) is 17.6 Å². The predicted octanol–water partition coefficient (Wildman–Crippen LogP) is 3.45. The third kappa shape index (κ3) is 3.12. The lowest BCUT2D eigenvalue weighted by Crippen LogP contribution is -2.25. The van der Waals surface area contributed by atoms with Crippen molar-refractivity contribution in [3.05, 3.63) is 47.5 Å². The highest BCUT2D eigenvalue weighted by atomic mass is 32.2.